The summed E-state index contributed by atoms with van der Waals surface area (Å²) in [7, 11) is 0. The van der Waals surface area contributed by atoms with Crippen molar-refractivity contribution in [3.8, 4) is 5.75 Å². The molecule has 1 aromatic carbocycles. The number of halogens is 1. The van der Waals surface area contributed by atoms with Crippen LogP contribution in [0.2, 0.25) is 5.02 Å². The number of hydrogen-bond acceptors (Lipinski definition) is 4. The van der Waals surface area contributed by atoms with Crippen molar-refractivity contribution in [3.05, 3.63) is 17.2 Å². The predicted molar refractivity (Wildman–Crippen MR) is 75.3 cm³/mol. The van der Waals surface area contributed by atoms with Gasteiger partial charge in [-0.3, -0.25) is 9.59 Å². The predicted octanol–water partition coefficient (Wildman–Crippen LogP) is 2.03. The Morgan fingerprint density at radius 1 is 1.55 bits per heavy atom. The minimum atomic E-state index is -0.305. The van der Waals surface area contributed by atoms with Crippen LogP contribution in [0.25, 0.3) is 0 Å². The number of ether oxygens (including phenoxy) is 2. The Bertz CT molecular complexity index is 545. The number of benzene rings is 1. The van der Waals surface area contributed by atoms with E-state index in [1.807, 2.05) is 13.8 Å². The number of hydrogen-bond donors (Lipinski definition) is 2. The van der Waals surface area contributed by atoms with Gasteiger partial charge >= 0.3 is 0 Å². The van der Waals surface area contributed by atoms with Crippen molar-refractivity contribution in [3.63, 3.8) is 0 Å². The van der Waals surface area contributed by atoms with E-state index in [-0.39, 0.29) is 31.1 Å². The maximum absolute atomic E-state index is 11.7. The molecule has 0 saturated heterocycles. The number of fused-ring (bicyclic) bond motifs is 1. The second kappa shape index (κ2) is 6.11. The molecule has 0 aromatic heterocycles. The molecule has 0 aliphatic carbocycles. The van der Waals surface area contributed by atoms with Gasteiger partial charge in [0.25, 0.3) is 5.91 Å². The van der Waals surface area contributed by atoms with Crippen molar-refractivity contribution in [2.24, 2.45) is 0 Å². The molecule has 0 saturated carbocycles. The minimum Gasteiger partial charge on any atom is -0.482 e. The molecule has 0 radical (unpaired) electrons. The van der Waals surface area contributed by atoms with Crippen LogP contribution in [-0.2, 0) is 14.3 Å². The number of carbonyl (C=O) groups is 2. The van der Waals surface area contributed by atoms with Crippen LogP contribution in [0, 0.1) is 0 Å². The summed E-state index contributed by atoms with van der Waals surface area (Å²) in [5, 5.41) is 5.59. The van der Waals surface area contributed by atoms with E-state index in [9.17, 15) is 9.59 Å². The number of amides is 2. The second-order valence-corrected chi connectivity index (χ2v) is 4.98. The third-order valence-corrected chi connectivity index (χ3v) is 2.84. The highest BCUT2D eigenvalue weighted by molar-refractivity contribution is 6.34. The molecule has 6 nitrogen and oxygen atoms in total. The lowest BCUT2D eigenvalue weighted by atomic mass is 10.2. The van der Waals surface area contributed by atoms with Crippen LogP contribution in [0.15, 0.2) is 12.1 Å². The summed E-state index contributed by atoms with van der Waals surface area (Å²) in [6.07, 6.45) is -0.0294. The third-order valence-electron chi connectivity index (χ3n) is 2.52. The fourth-order valence-corrected chi connectivity index (χ4v) is 1.84. The van der Waals surface area contributed by atoms with Crippen LogP contribution in [0.1, 0.15) is 13.8 Å². The molecule has 2 N–H and O–H groups in total. The number of carbonyl (C=O) groups excluding carboxylic acids is 2. The Morgan fingerprint density at radius 2 is 2.30 bits per heavy atom. The summed E-state index contributed by atoms with van der Waals surface area (Å²) in [6.45, 7) is 3.58. The lowest BCUT2D eigenvalue weighted by molar-refractivity contribution is -0.122. The SMILES string of the molecule is CC(C)OCC(=O)Nc1cc2c(cc1Cl)NC(=O)CO2. The van der Waals surface area contributed by atoms with Gasteiger partial charge in [-0.1, -0.05) is 11.6 Å². The van der Waals surface area contributed by atoms with Gasteiger partial charge < -0.3 is 20.1 Å². The highest BCUT2D eigenvalue weighted by Crippen LogP contribution is 2.36. The third kappa shape index (κ3) is 3.61. The molecular weight excluding hydrogens is 284 g/mol. The molecule has 2 rings (SSSR count). The number of rotatable bonds is 4. The van der Waals surface area contributed by atoms with E-state index in [1.54, 1.807) is 6.07 Å². The first kappa shape index (κ1) is 14.6. The van der Waals surface area contributed by atoms with E-state index in [0.717, 1.165) is 0 Å². The molecule has 7 heteroatoms. The quantitative estimate of drug-likeness (QED) is 0.892. The molecule has 0 unspecified atom stereocenters. The number of nitrogens with one attached hydrogen (secondary N) is 2. The Hall–Kier alpha value is -1.79. The molecule has 1 heterocycles. The normalized spacial score (nSPS) is 13.5. The van der Waals surface area contributed by atoms with Crippen molar-refractivity contribution >= 4 is 34.8 Å². The van der Waals surface area contributed by atoms with Crippen LogP contribution < -0.4 is 15.4 Å². The van der Waals surface area contributed by atoms with E-state index in [0.29, 0.717) is 22.1 Å². The fourth-order valence-electron chi connectivity index (χ4n) is 1.62. The first-order chi connectivity index (χ1) is 9.45. The van der Waals surface area contributed by atoms with Crippen LogP contribution in [-0.4, -0.2) is 31.1 Å². The highest BCUT2D eigenvalue weighted by Gasteiger charge is 2.19. The van der Waals surface area contributed by atoms with Crippen molar-refractivity contribution in [2.45, 2.75) is 20.0 Å². The fraction of sp³-hybridized carbons (Fsp3) is 0.385. The van der Waals surface area contributed by atoms with Gasteiger partial charge in [-0.25, -0.2) is 0 Å². The van der Waals surface area contributed by atoms with Gasteiger partial charge in [0.1, 0.15) is 12.4 Å². The standard InChI is InChI=1S/C13H15ClN2O4/c1-7(2)19-5-12(17)15-9-4-11-10(3-8(9)14)16-13(18)6-20-11/h3-4,7H,5-6H2,1-2H3,(H,15,17)(H,16,18). The van der Waals surface area contributed by atoms with E-state index in [4.69, 9.17) is 21.1 Å². The lowest BCUT2D eigenvalue weighted by Crippen LogP contribution is -2.26. The van der Waals surface area contributed by atoms with Crippen molar-refractivity contribution in [1.29, 1.82) is 0 Å². The highest BCUT2D eigenvalue weighted by atomic mass is 35.5. The van der Waals surface area contributed by atoms with Gasteiger partial charge in [0, 0.05) is 6.07 Å². The van der Waals surface area contributed by atoms with Crippen molar-refractivity contribution in [2.75, 3.05) is 23.8 Å². The maximum atomic E-state index is 11.7. The molecule has 20 heavy (non-hydrogen) atoms. The average Bonchev–Trinajstić information content (AvgIpc) is 2.37. The van der Waals surface area contributed by atoms with Gasteiger partial charge in [-0.05, 0) is 19.9 Å². The summed E-state index contributed by atoms with van der Waals surface area (Å²) in [6, 6.07) is 3.11. The van der Waals surface area contributed by atoms with Crippen LogP contribution in [0.5, 0.6) is 5.75 Å². The average molecular weight is 299 g/mol. The molecule has 0 bridgehead atoms. The van der Waals surface area contributed by atoms with Gasteiger partial charge in [-0.2, -0.15) is 0 Å². The van der Waals surface area contributed by atoms with Gasteiger partial charge in [0.15, 0.2) is 6.61 Å². The van der Waals surface area contributed by atoms with Gasteiger partial charge in [-0.15, -0.1) is 0 Å². The molecular formula is C13H15ClN2O4. The zero-order chi connectivity index (χ0) is 14.7. The summed E-state index contributed by atoms with van der Waals surface area (Å²) in [5.41, 5.74) is 0.904. The van der Waals surface area contributed by atoms with E-state index >= 15 is 0 Å². The Morgan fingerprint density at radius 3 is 3.00 bits per heavy atom. The first-order valence-corrected chi connectivity index (χ1v) is 6.51. The zero-order valence-electron chi connectivity index (χ0n) is 11.2. The first-order valence-electron chi connectivity index (χ1n) is 6.13. The van der Waals surface area contributed by atoms with E-state index < -0.39 is 0 Å². The molecule has 1 aromatic rings. The topological polar surface area (TPSA) is 76.7 Å². The monoisotopic (exact) mass is 298 g/mol. The summed E-state index contributed by atoms with van der Waals surface area (Å²) >= 11 is 6.05. The van der Waals surface area contributed by atoms with Gasteiger partial charge in [0.2, 0.25) is 5.91 Å². The van der Waals surface area contributed by atoms with Crippen molar-refractivity contribution in [1.82, 2.24) is 0 Å². The summed E-state index contributed by atoms with van der Waals surface area (Å²) < 4.78 is 10.5. The van der Waals surface area contributed by atoms with E-state index in [1.165, 1.54) is 6.07 Å². The second-order valence-electron chi connectivity index (χ2n) is 4.57. The zero-order valence-corrected chi connectivity index (χ0v) is 11.9. The Balaban J connectivity index is 2.09. The number of anilines is 2. The molecule has 0 atom stereocenters. The summed E-state index contributed by atoms with van der Waals surface area (Å²) in [5.74, 6) is -0.0786. The van der Waals surface area contributed by atoms with Crippen molar-refractivity contribution < 1.29 is 19.1 Å². The molecule has 1 aliphatic heterocycles. The van der Waals surface area contributed by atoms with Gasteiger partial charge in [0.05, 0.1) is 22.5 Å². The molecule has 0 spiro atoms. The Kier molecular flexibility index (Phi) is 4.46. The lowest BCUT2D eigenvalue weighted by Gasteiger charge is -2.19. The minimum absolute atomic E-state index is 0.0294. The van der Waals surface area contributed by atoms with Crippen LogP contribution in [0.3, 0.4) is 0 Å². The molecule has 0 fully saturated rings. The Labute approximate surface area is 121 Å². The van der Waals surface area contributed by atoms with E-state index in [2.05, 4.69) is 10.6 Å². The molecule has 2 amide bonds. The van der Waals surface area contributed by atoms with Crippen LogP contribution in [0.4, 0.5) is 11.4 Å². The molecule has 108 valence electrons. The summed E-state index contributed by atoms with van der Waals surface area (Å²) in [4.78, 5) is 22.9. The maximum Gasteiger partial charge on any atom is 0.262 e. The van der Waals surface area contributed by atoms with Crippen LogP contribution >= 0.6 is 11.6 Å². The molecule has 1 aliphatic rings. The smallest absolute Gasteiger partial charge is 0.262 e. The largest absolute Gasteiger partial charge is 0.482 e.